The van der Waals surface area contributed by atoms with Gasteiger partial charge in [0.25, 0.3) is 5.91 Å². The number of carbonyl (C=O) groups is 2. The van der Waals surface area contributed by atoms with Crippen molar-refractivity contribution in [1.29, 1.82) is 0 Å². The summed E-state index contributed by atoms with van der Waals surface area (Å²) in [4.78, 5) is 33.7. The third kappa shape index (κ3) is 4.64. The summed E-state index contributed by atoms with van der Waals surface area (Å²) in [7, 11) is 5.26. The number of Topliss-reactive ketones (excluding diaryl/α,β-unsaturated/α-hetero) is 1. The Morgan fingerprint density at radius 1 is 1.07 bits per heavy atom. The number of aromatic nitrogens is 1. The number of pyridine rings is 1. The molecule has 0 fully saturated rings. The SMILES string of the molecule is CCN(CC)C(=O)c1ccc(OC)cc1CC(=O)c1cccnc1N(C)C. The summed E-state index contributed by atoms with van der Waals surface area (Å²) in [6, 6.07) is 8.75. The van der Waals surface area contributed by atoms with Gasteiger partial charge in [-0.05, 0) is 49.7 Å². The first-order chi connectivity index (χ1) is 12.9. The van der Waals surface area contributed by atoms with Crippen molar-refractivity contribution in [1.82, 2.24) is 9.88 Å². The number of rotatable bonds is 8. The Bertz CT molecular complexity index is 814. The van der Waals surface area contributed by atoms with Crippen molar-refractivity contribution in [3.8, 4) is 5.75 Å². The van der Waals surface area contributed by atoms with Crippen LogP contribution in [0.1, 0.15) is 40.1 Å². The third-order valence-electron chi connectivity index (χ3n) is 4.46. The second-order valence-corrected chi connectivity index (χ2v) is 6.37. The monoisotopic (exact) mass is 369 g/mol. The highest BCUT2D eigenvalue weighted by Gasteiger charge is 2.21. The molecule has 0 saturated heterocycles. The highest BCUT2D eigenvalue weighted by atomic mass is 16.5. The second-order valence-electron chi connectivity index (χ2n) is 6.37. The molecule has 0 bridgehead atoms. The Hall–Kier alpha value is -2.89. The predicted octanol–water partition coefficient (Wildman–Crippen LogP) is 3.06. The topological polar surface area (TPSA) is 62.7 Å². The molecule has 0 spiro atoms. The second kappa shape index (κ2) is 9.16. The smallest absolute Gasteiger partial charge is 0.254 e. The maximum atomic E-state index is 13.0. The van der Waals surface area contributed by atoms with Crippen molar-refractivity contribution < 1.29 is 14.3 Å². The molecule has 1 amide bonds. The number of hydrogen-bond acceptors (Lipinski definition) is 5. The Kier molecular flexibility index (Phi) is 6.93. The van der Waals surface area contributed by atoms with Crippen LogP contribution in [-0.2, 0) is 6.42 Å². The van der Waals surface area contributed by atoms with Gasteiger partial charge in [-0.3, -0.25) is 9.59 Å². The summed E-state index contributed by atoms with van der Waals surface area (Å²) < 4.78 is 5.30. The summed E-state index contributed by atoms with van der Waals surface area (Å²) in [5.41, 5.74) is 1.72. The molecule has 27 heavy (non-hydrogen) atoms. The van der Waals surface area contributed by atoms with E-state index in [-0.39, 0.29) is 18.1 Å². The fourth-order valence-electron chi connectivity index (χ4n) is 2.97. The van der Waals surface area contributed by atoms with Gasteiger partial charge >= 0.3 is 0 Å². The van der Waals surface area contributed by atoms with E-state index in [1.807, 2.05) is 27.9 Å². The van der Waals surface area contributed by atoms with Crippen molar-refractivity contribution in [2.24, 2.45) is 0 Å². The quantitative estimate of drug-likeness (QED) is 0.669. The lowest BCUT2D eigenvalue weighted by molar-refractivity contribution is 0.0772. The molecule has 1 aromatic carbocycles. The van der Waals surface area contributed by atoms with Crippen LogP contribution in [-0.4, -0.2) is 55.9 Å². The lowest BCUT2D eigenvalue weighted by Gasteiger charge is -2.21. The first kappa shape index (κ1) is 20.4. The van der Waals surface area contributed by atoms with E-state index in [1.165, 1.54) is 0 Å². The van der Waals surface area contributed by atoms with E-state index < -0.39 is 0 Å². The number of benzene rings is 1. The molecule has 0 unspecified atom stereocenters. The molecular formula is C21H27N3O3. The Balaban J connectivity index is 2.42. The third-order valence-corrected chi connectivity index (χ3v) is 4.46. The Morgan fingerprint density at radius 2 is 1.78 bits per heavy atom. The number of hydrogen-bond donors (Lipinski definition) is 0. The zero-order valence-corrected chi connectivity index (χ0v) is 16.7. The standard InChI is InChI=1S/C21H27N3O3/c1-6-24(7-2)21(26)17-11-10-16(27-5)13-15(17)14-19(25)18-9-8-12-22-20(18)23(3)4/h8-13H,6-7,14H2,1-5H3. The minimum absolute atomic E-state index is 0.0792. The molecule has 0 saturated carbocycles. The summed E-state index contributed by atoms with van der Waals surface area (Å²) in [5.74, 6) is 1.06. The van der Waals surface area contributed by atoms with Crippen LogP contribution in [0.4, 0.5) is 5.82 Å². The number of amides is 1. The van der Waals surface area contributed by atoms with Crippen molar-refractivity contribution in [3.63, 3.8) is 0 Å². The molecule has 2 rings (SSSR count). The summed E-state index contributed by atoms with van der Waals surface area (Å²) in [5, 5.41) is 0. The zero-order chi connectivity index (χ0) is 20.0. The average Bonchev–Trinajstić information content (AvgIpc) is 2.68. The summed E-state index contributed by atoms with van der Waals surface area (Å²) >= 11 is 0. The van der Waals surface area contributed by atoms with Gasteiger partial charge in [-0.15, -0.1) is 0 Å². The number of ketones is 1. The first-order valence-electron chi connectivity index (χ1n) is 9.04. The van der Waals surface area contributed by atoms with Gasteiger partial charge in [0.1, 0.15) is 11.6 Å². The molecule has 0 aliphatic carbocycles. The van der Waals surface area contributed by atoms with Crippen LogP contribution in [0.5, 0.6) is 5.75 Å². The number of methoxy groups -OCH3 is 1. The number of ether oxygens (including phenoxy) is 1. The van der Waals surface area contributed by atoms with Gasteiger partial charge in [0, 0.05) is 45.4 Å². The molecule has 2 aromatic rings. The highest BCUT2D eigenvalue weighted by Crippen LogP contribution is 2.23. The molecule has 6 heteroatoms. The largest absolute Gasteiger partial charge is 0.497 e. The van der Waals surface area contributed by atoms with E-state index in [4.69, 9.17) is 4.74 Å². The fourth-order valence-corrected chi connectivity index (χ4v) is 2.97. The van der Waals surface area contributed by atoms with Gasteiger partial charge < -0.3 is 14.5 Å². The van der Waals surface area contributed by atoms with Crippen LogP contribution in [0.2, 0.25) is 0 Å². The van der Waals surface area contributed by atoms with Crippen LogP contribution < -0.4 is 9.64 Å². The first-order valence-corrected chi connectivity index (χ1v) is 9.04. The van der Waals surface area contributed by atoms with Gasteiger partial charge in [-0.2, -0.15) is 0 Å². The van der Waals surface area contributed by atoms with E-state index in [0.29, 0.717) is 41.3 Å². The van der Waals surface area contributed by atoms with Crippen LogP contribution in [0, 0.1) is 0 Å². The van der Waals surface area contributed by atoms with E-state index in [9.17, 15) is 9.59 Å². The van der Waals surface area contributed by atoms with Crippen molar-refractivity contribution in [2.75, 3.05) is 39.2 Å². The van der Waals surface area contributed by atoms with Crippen LogP contribution in [0.25, 0.3) is 0 Å². The molecule has 0 atom stereocenters. The number of carbonyl (C=O) groups excluding carboxylic acids is 2. The molecular weight excluding hydrogens is 342 g/mol. The predicted molar refractivity (Wildman–Crippen MR) is 107 cm³/mol. The normalized spacial score (nSPS) is 10.4. The molecule has 0 aliphatic rings. The van der Waals surface area contributed by atoms with Gasteiger partial charge in [0.2, 0.25) is 0 Å². The molecule has 0 aliphatic heterocycles. The van der Waals surface area contributed by atoms with Crippen molar-refractivity contribution in [3.05, 3.63) is 53.2 Å². The molecule has 1 heterocycles. The molecule has 144 valence electrons. The van der Waals surface area contributed by atoms with Gasteiger partial charge in [0.15, 0.2) is 5.78 Å². The average molecular weight is 369 g/mol. The molecule has 0 N–H and O–H groups in total. The van der Waals surface area contributed by atoms with E-state index >= 15 is 0 Å². The summed E-state index contributed by atoms with van der Waals surface area (Å²) in [6.45, 7) is 5.10. The van der Waals surface area contributed by atoms with Gasteiger partial charge in [0.05, 0.1) is 12.7 Å². The Labute approximate surface area is 160 Å². The van der Waals surface area contributed by atoms with E-state index in [1.54, 1.807) is 53.4 Å². The van der Waals surface area contributed by atoms with Crippen LogP contribution in [0.15, 0.2) is 36.5 Å². The minimum Gasteiger partial charge on any atom is -0.497 e. The molecule has 0 radical (unpaired) electrons. The zero-order valence-electron chi connectivity index (χ0n) is 16.7. The van der Waals surface area contributed by atoms with Crippen LogP contribution in [0.3, 0.4) is 0 Å². The summed E-state index contributed by atoms with van der Waals surface area (Å²) in [6.07, 6.45) is 1.76. The lowest BCUT2D eigenvalue weighted by atomic mass is 9.97. The minimum atomic E-state index is -0.0892. The maximum absolute atomic E-state index is 13.0. The fraction of sp³-hybridized carbons (Fsp3) is 0.381. The molecule has 6 nitrogen and oxygen atoms in total. The van der Waals surface area contributed by atoms with Crippen molar-refractivity contribution in [2.45, 2.75) is 20.3 Å². The van der Waals surface area contributed by atoms with Gasteiger partial charge in [-0.25, -0.2) is 4.98 Å². The number of anilines is 1. The maximum Gasteiger partial charge on any atom is 0.254 e. The van der Waals surface area contributed by atoms with Crippen LogP contribution >= 0.6 is 0 Å². The van der Waals surface area contributed by atoms with Crippen molar-refractivity contribution >= 4 is 17.5 Å². The number of nitrogens with zero attached hydrogens (tertiary/aromatic N) is 3. The highest BCUT2D eigenvalue weighted by molar-refractivity contribution is 6.04. The lowest BCUT2D eigenvalue weighted by Crippen LogP contribution is -2.31. The van der Waals surface area contributed by atoms with E-state index in [0.717, 1.165) is 0 Å². The molecule has 1 aromatic heterocycles. The van der Waals surface area contributed by atoms with E-state index in [2.05, 4.69) is 4.98 Å². The van der Waals surface area contributed by atoms with Gasteiger partial charge in [-0.1, -0.05) is 0 Å². The Morgan fingerprint density at radius 3 is 2.37 bits per heavy atom.